The number of methoxy groups -OCH3 is 1. The summed E-state index contributed by atoms with van der Waals surface area (Å²) in [5.74, 6) is -3.29. The number of ether oxygens (including phenoxy) is 2. The van der Waals surface area contributed by atoms with Crippen molar-refractivity contribution in [2.24, 2.45) is 5.73 Å². The molecule has 0 spiro atoms. The lowest BCUT2D eigenvalue weighted by atomic mass is 9.91. The Hall–Kier alpha value is -3.83. The van der Waals surface area contributed by atoms with Crippen molar-refractivity contribution in [3.8, 4) is 5.75 Å². The summed E-state index contributed by atoms with van der Waals surface area (Å²) < 4.78 is 9.82. The number of carbonyl (C=O) groups excluding carboxylic acids is 5. The molecule has 0 aliphatic rings. The molecule has 0 bridgehead atoms. The van der Waals surface area contributed by atoms with Crippen molar-refractivity contribution in [3.05, 3.63) is 29.8 Å². The Bertz CT molecular complexity index is 1000. The molecule has 0 radical (unpaired) electrons. The molecule has 206 valence electrons. The van der Waals surface area contributed by atoms with Gasteiger partial charge in [0.15, 0.2) is 0 Å². The van der Waals surface area contributed by atoms with Crippen molar-refractivity contribution in [2.75, 3.05) is 13.7 Å². The maximum atomic E-state index is 14.0. The van der Waals surface area contributed by atoms with E-state index in [2.05, 4.69) is 15.4 Å². The first kappa shape index (κ1) is 31.2. The molecule has 12 heteroatoms. The van der Waals surface area contributed by atoms with E-state index in [-0.39, 0.29) is 11.3 Å². The topological polar surface area (TPSA) is 177 Å². The molecule has 37 heavy (non-hydrogen) atoms. The number of aromatic hydroxyl groups is 1. The van der Waals surface area contributed by atoms with Crippen molar-refractivity contribution < 1.29 is 38.6 Å². The van der Waals surface area contributed by atoms with Gasteiger partial charge in [-0.05, 0) is 58.7 Å². The van der Waals surface area contributed by atoms with Crippen molar-refractivity contribution >= 4 is 29.8 Å². The molecule has 0 aliphatic heterocycles. The van der Waals surface area contributed by atoms with Gasteiger partial charge in [0.1, 0.15) is 30.0 Å². The Morgan fingerprint density at radius 3 is 2.22 bits per heavy atom. The summed E-state index contributed by atoms with van der Waals surface area (Å²) in [6, 6.07) is 2.88. The zero-order valence-electron chi connectivity index (χ0n) is 22.4. The molecule has 4 amide bonds. The van der Waals surface area contributed by atoms with Crippen LogP contribution >= 0.6 is 0 Å². The largest absolute Gasteiger partial charge is 0.508 e. The van der Waals surface area contributed by atoms with Crippen LogP contribution in [0, 0.1) is 0 Å². The van der Waals surface area contributed by atoms with Crippen molar-refractivity contribution in [1.82, 2.24) is 15.5 Å². The SMILES string of the molecule is CCC(C)(C)N(C(=O)C(CC(N)=O)NC(=O)OC(C)(C)C)C(C(=O)NCC(=O)OC)c1cccc(O)c1. The zero-order valence-corrected chi connectivity index (χ0v) is 22.4. The smallest absolute Gasteiger partial charge is 0.408 e. The molecule has 12 nitrogen and oxygen atoms in total. The van der Waals surface area contributed by atoms with Crippen LogP contribution in [0.1, 0.15) is 66.0 Å². The number of amides is 4. The minimum absolute atomic E-state index is 0.162. The average Bonchev–Trinajstić information content (AvgIpc) is 2.78. The first-order valence-electron chi connectivity index (χ1n) is 11.8. The fourth-order valence-electron chi connectivity index (χ4n) is 3.41. The molecule has 1 aromatic rings. The molecule has 0 heterocycles. The number of esters is 1. The van der Waals surface area contributed by atoms with Crippen molar-refractivity contribution in [1.29, 1.82) is 0 Å². The van der Waals surface area contributed by atoms with E-state index >= 15 is 0 Å². The highest BCUT2D eigenvalue weighted by Crippen LogP contribution is 2.33. The van der Waals surface area contributed by atoms with Crippen molar-refractivity contribution in [2.45, 2.75) is 77.6 Å². The quantitative estimate of drug-likeness (QED) is 0.316. The van der Waals surface area contributed by atoms with Crippen LogP contribution in [0.15, 0.2) is 24.3 Å². The van der Waals surface area contributed by atoms with E-state index in [1.807, 2.05) is 0 Å². The highest BCUT2D eigenvalue weighted by atomic mass is 16.6. The van der Waals surface area contributed by atoms with Crippen LogP contribution in [-0.2, 0) is 28.7 Å². The number of nitrogens with one attached hydrogen (secondary N) is 2. The highest BCUT2D eigenvalue weighted by Gasteiger charge is 2.43. The Balaban J connectivity index is 3.64. The fraction of sp³-hybridized carbons (Fsp3) is 0.560. The molecule has 0 saturated heterocycles. The molecule has 0 saturated carbocycles. The third-order valence-electron chi connectivity index (χ3n) is 5.48. The van der Waals surface area contributed by atoms with E-state index in [1.54, 1.807) is 41.5 Å². The van der Waals surface area contributed by atoms with Gasteiger partial charge in [0.2, 0.25) is 17.7 Å². The Labute approximate surface area is 216 Å². The van der Waals surface area contributed by atoms with E-state index in [4.69, 9.17) is 10.5 Å². The first-order chi connectivity index (χ1) is 17.0. The molecule has 5 N–H and O–H groups in total. The molecular weight excluding hydrogens is 484 g/mol. The van der Waals surface area contributed by atoms with Crippen LogP contribution in [0.3, 0.4) is 0 Å². The van der Waals surface area contributed by atoms with Crippen molar-refractivity contribution in [3.63, 3.8) is 0 Å². The van der Waals surface area contributed by atoms with Crippen LogP contribution < -0.4 is 16.4 Å². The second-order valence-electron chi connectivity index (χ2n) is 10.0. The number of rotatable bonds is 11. The number of carbonyl (C=O) groups is 5. The number of hydrogen-bond donors (Lipinski definition) is 4. The minimum Gasteiger partial charge on any atom is -0.508 e. The van der Waals surface area contributed by atoms with Crippen LogP contribution in [-0.4, -0.2) is 70.6 Å². The van der Waals surface area contributed by atoms with E-state index in [9.17, 15) is 29.1 Å². The summed E-state index contributed by atoms with van der Waals surface area (Å²) in [5.41, 5.74) is 3.71. The molecule has 0 aliphatic carbocycles. The number of phenols is 1. The van der Waals surface area contributed by atoms with E-state index in [0.29, 0.717) is 6.42 Å². The molecule has 2 unspecified atom stereocenters. The van der Waals surface area contributed by atoms with Gasteiger partial charge in [0, 0.05) is 5.54 Å². The molecule has 0 fully saturated rings. The standard InChI is InChI=1S/C25H38N4O8/c1-8-25(5,6)29(22(34)17(13-18(26)31)28-23(35)37-24(2,3)4)20(15-10-9-11-16(30)12-15)21(33)27-14-19(32)36-7/h9-12,17,20,30H,8,13-14H2,1-7H3,(H2,26,31)(H,27,33)(H,28,35). The van der Waals surface area contributed by atoms with Gasteiger partial charge in [-0.2, -0.15) is 0 Å². The predicted octanol–water partition coefficient (Wildman–Crippen LogP) is 1.51. The van der Waals surface area contributed by atoms with Crippen LogP contribution in [0.5, 0.6) is 5.75 Å². The van der Waals surface area contributed by atoms with E-state index in [1.165, 1.54) is 29.2 Å². The Kier molecular flexibility index (Phi) is 10.9. The summed E-state index contributed by atoms with van der Waals surface area (Å²) in [7, 11) is 1.16. The maximum absolute atomic E-state index is 14.0. The molecule has 1 rings (SSSR count). The Morgan fingerprint density at radius 1 is 1.11 bits per heavy atom. The van der Waals surface area contributed by atoms with Gasteiger partial charge in [-0.3, -0.25) is 19.2 Å². The number of alkyl carbamates (subject to hydrolysis) is 1. The number of hydrogen-bond acceptors (Lipinski definition) is 8. The maximum Gasteiger partial charge on any atom is 0.408 e. The van der Waals surface area contributed by atoms with Gasteiger partial charge in [-0.15, -0.1) is 0 Å². The molecule has 1 aromatic carbocycles. The molecule has 0 aromatic heterocycles. The normalized spacial score (nSPS) is 13.1. The van der Waals surface area contributed by atoms with Gasteiger partial charge >= 0.3 is 12.1 Å². The van der Waals surface area contributed by atoms with Crippen LogP contribution in [0.2, 0.25) is 0 Å². The van der Waals surface area contributed by atoms with Gasteiger partial charge in [0.05, 0.1) is 13.5 Å². The zero-order chi connectivity index (χ0) is 28.6. The summed E-state index contributed by atoms with van der Waals surface area (Å²) in [6.07, 6.45) is -1.16. The lowest BCUT2D eigenvalue weighted by Gasteiger charge is -2.44. The second kappa shape index (κ2) is 12.9. The summed E-state index contributed by atoms with van der Waals surface area (Å²) in [5, 5.41) is 14.9. The van der Waals surface area contributed by atoms with Gasteiger partial charge in [0.25, 0.3) is 0 Å². The summed E-state index contributed by atoms with van der Waals surface area (Å²) >= 11 is 0. The highest BCUT2D eigenvalue weighted by molar-refractivity contribution is 5.95. The Morgan fingerprint density at radius 2 is 1.73 bits per heavy atom. The average molecular weight is 523 g/mol. The second-order valence-corrected chi connectivity index (χ2v) is 10.0. The van der Waals surface area contributed by atoms with Crippen LogP contribution in [0.25, 0.3) is 0 Å². The number of nitrogens with zero attached hydrogens (tertiary/aromatic N) is 1. The summed E-state index contributed by atoms with van der Waals surface area (Å²) in [6.45, 7) is 9.61. The lowest BCUT2D eigenvalue weighted by Crippen LogP contribution is -2.60. The number of primary amides is 1. The minimum atomic E-state index is -1.47. The van der Waals surface area contributed by atoms with Gasteiger partial charge in [-0.25, -0.2) is 4.79 Å². The van der Waals surface area contributed by atoms with E-state index in [0.717, 1.165) is 7.11 Å². The number of nitrogens with two attached hydrogens (primary N) is 1. The number of benzene rings is 1. The van der Waals surface area contributed by atoms with Gasteiger partial charge < -0.3 is 35.8 Å². The third-order valence-corrected chi connectivity index (χ3v) is 5.48. The monoisotopic (exact) mass is 522 g/mol. The molecule has 2 atom stereocenters. The number of phenolic OH excluding ortho intramolecular Hbond substituents is 1. The van der Waals surface area contributed by atoms with E-state index < -0.39 is 66.0 Å². The lowest BCUT2D eigenvalue weighted by molar-refractivity contribution is -0.150. The molecular formula is C25H38N4O8. The van der Waals surface area contributed by atoms with Gasteiger partial charge in [-0.1, -0.05) is 19.1 Å². The summed E-state index contributed by atoms with van der Waals surface area (Å²) in [4.78, 5) is 64.7. The fourth-order valence-corrected chi connectivity index (χ4v) is 3.41. The van der Waals surface area contributed by atoms with Crippen LogP contribution in [0.4, 0.5) is 4.79 Å². The first-order valence-corrected chi connectivity index (χ1v) is 11.8. The predicted molar refractivity (Wildman–Crippen MR) is 134 cm³/mol. The third kappa shape index (κ3) is 9.62.